The molecule has 0 unspecified atom stereocenters. The molecule has 0 heteroatoms. The lowest BCUT2D eigenvalue weighted by molar-refractivity contribution is 0.922. The van der Waals surface area contributed by atoms with Gasteiger partial charge in [0.05, 0.1) is 0 Å². The van der Waals surface area contributed by atoms with Crippen LogP contribution in [-0.2, 0) is 12.8 Å². The summed E-state index contributed by atoms with van der Waals surface area (Å²) in [6, 6.07) is 23.4. The maximum Gasteiger partial charge on any atom is 0.0279 e. The summed E-state index contributed by atoms with van der Waals surface area (Å²) in [5.41, 5.74) is 8.09. The molecule has 0 aliphatic carbocycles. The molecular formula is C29H28. The Morgan fingerprint density at radius 2 is 1.00 bits per heavy atom. The van der Waals surface area contributed by atoms with E-state index in [2.05, 4.69) is 111 Å². The second-order valence-electron chi connectivity index (χ2n) is 7.42. The molecule has 0 aliphatic rings. The molecule has 0 saturated heterocycles. The minimum atomic E-state index is 1.02. The molecule has 0 nitrogen and oxygen atoms in total. The first-order valence-electron chi connectivity index (χ1n) is 10.5. The minimum Gasteiger partial charge on any atom is -0.0651 e. The van der Waals surface area contributed by atoms with Crippen LogP contribution < -0.4 is 0 Å². The fraction of sp³-hybridized carbons (Fsp3) is 0.241. The van der Waals surface area contributed by atoms with Crippen LogP contribution in [0.1, 0.15) is 65.6 Å². The summed E-state index contributed by atoms with van der Waals surface area (Å²) >= 11 is 0. The highest BCUT2D eigenvalue weighted by Gasteiger charge is 1.97. The summed E-state index contributed by atoms with van der Waals surface area (Å²) in [4.78, 5) is 0. The van der Waals surface area contributed by atoms with Gasteiger partial charge in [-0.25, -0.2) is 0 Å². The second kappa shape index (κ2) is 10.4. The van der Waals surface area contributed by atoms with Gasteiger partial charge in [-0.3, -0.25) is 0 Å². The van der Waals surface area contributed by atoms with Gasteiger partial charge in [-0.1, -0.05) is 74.6 Å². The molecule has 0 atom stereocenters. The molecule has 0 aromatic heterocycles. The predicted octanol–water partition coefficient (Wildman–Crippen LogP) is 6.70. The first kappa shape index (κ1) is 20.5. The number of aryl methyl sites for hydroxylation is 3. The topological polar surface area (TPSA) is 0 Å². The molecular weight excluding hydrogens is 348 g/mol. The van der Waals surface area contributed by atoms with Crippen LogP contribution in [0.15, 0.2) is 66.7 Å². The highest BCUT2D eigenvalue weighted by atomic mass is 14.0. The molecule has 0 heterocycles. The molecule has 0 fully saturated rings. The number of hydrogen-bond donors (Lipinski definition) is 0. The Labute approximate surface area is 176 Å². The van der Waals surface area contributed by atoms with Gasteiger partial charge in [-0.15, -0.1) is 0 Å². The molecule has 0 spiro atoms. The highest BCUT2D eigenvalue weighted by molar-refractivity contribution is 5.51. The Morgan fingerprint density at radius 3 is 1.48 bits per heavy atom. The Hall–Kier alpha value is -3.22. The van der Waals surface area contributed by atoms with Gasteiger partial charge < -0.3 is 0 Å². The summed E-state index contributed by atoms with van der Waals surface area (Å²) in [7, 11) is 0. The minimum absolute atomic E-state index is 1.02. The van der Waals surface area contributed by atoms with Crippen LogP contribution in [-0.4, -0.2) is 0 Å². The summed E-state index contributed by atoms with van der Waals surface area (Å²) in [5, 5.41) is 0. The first-order valence-corrected chi connectivity index (χ1v) is 10.5. The smallest absolute Gasteiger partial charge is 0.0279 e. The molecule has 0 N–H and O–H groups in total. The molecule has 3 aromatic carbocycles. The van der Waals surface area contributed by atoms with Gasteiger partial charge in [-0.05, 0) is 78.9 Å². The van der Waals surface area contributed by atoms with Crippen molar-refractivity contribution in [1.82, 2.24) is 0 Å². The third kappa shape index (κ3) is 6.14. The summed E-state index contributed by atoms with van der Waals surface area (Å²) in [5.74, 6) is 13.1. The average Bonchev–Trinajstić information content (AvgIpc) is 2.74. The Balaban J connectivity index is 1.71. The van der Waals surface area contributed by atoms with Crippen LogP contribution in [0.4, 0.5) is 0 Å². The van der Waals surface area contributed by atoms with E-state index in [0.29, 0.717) is 0 Å². The van der Waals surface area contributed by atoms with Gasteiger partial charge in [0.15, 0.2) is 0 Å². The van der Waals surface area contributed by atoms with Crippen molar-refractivity contribution in [3.05, 3.63) is 106 Å². The summed E-state index contributed by atoms with van der Waals surface area (Å²) in [6.07, 6.45) is 4.59. The maximum atomic E-state index is 3.30. The third-order valence-corrected chi connectivity index (χ3v) is 4.90. The lowest BCUT2D eigenvalue weighted by atomic mass is 10.0. The monoisotopic (exact) mass is 376 g/mol. The largest absolute Gasteiger partial charge is 0.0651 e. The number of rotatable bonds is 4. The second-order valence-corrected chi connectivity index (χ2v) is 7.42. The quantitative estimate of drug-likeness (QED) is 0.444. The van der Waals surface area contributed by atoms with E-state index in [9.17, 15) is 0 Å². The Morgan fingerprint density at radius 1 is 0.552 bits per heavy atom. The summed E-state index contributed by atoms with van der Waals surface area (Å²) < 4.78 is 0. The molecule has 0 saturated carbocycles. The molecule has 0 radical (unpaired) electrons. The van der Waals surface area contributed by atoms with Crippen molar-refractivity contribution >= 4 is 0 Å². The van der Waals surface area contributed by atoms with Crippen LogP contribution >= 0.6 is 0 Å². The van der Waals surface area contributed by atoms with Crippen molar-refractivity contribution < 1.29 is 0 Å². The molecule has 0 aliphatic heterocycles. The van der Waals surface area contributed by atoms with Crippen molar-refractivity contribution in [1.29, 1.82) is 0 Å². The fourth-order valence-electron chi connectivity index (χ4n) is 3.25. The average molecular weight is 377 g/mol. The molecule has 3 aromatic rings. The van der Waals surface area contributed by atoms with Crippen LogP contribution in [0.3, 0.4) is 0 Å². The van der Waals surface area contributed by atoms with Gasteiger partial charge in [0.2, 0.25) is 0 Å². The van der Waals surface area contributed by atoms with Crippen molar-refractivity contribution in [2.45, 2.75) is 46.5 Å². The number of benzene rings is 3. The zero-order valence-electron chi connectivity index (χ0n) is 17.7. The summed E-state index contributed by atoms with van der Waals surface area (Å²) in [6.45, 7) is 6.50. The SMILES string of the molecule is CCCc1ccc(C#Cc2ccc(C#Cc3ccc(CCC)cc3)c(C)c2)cc1. The third-order valence-electron chi connectivity index (χ3n) is 4.90. The Bertz CT molecular complexity index is 1060. The van der Waals surface area contributed by atoms with E-state index < -0.39 is 0 Å². The van der Waals surface area contributed by atoms with E-state index in [-0.39, 0.29) is 0 Å². The predicted molar refractivity (Wildman–Crippen MR) is 124 cm³/mol. The van der Waals surface area contributed by atoms with E-state index in [1.165, 1.54) is 24.0 Å². The van der Waals surface area contributed by atoms with Crippen LogP contribution in [0, 0.1) is 30.6 Å². The van der Waals surface area contributed by atoms with Gasteiger partial charge >= 0.3 is 0 Å². The van der Waals surface area contributed by atoms with Crippen molar-refractivity contribution in [2.24, 2.45) is 0 Å². The van der Waals surface area contributed by atoms with Crippen molar-refractivity contribution in [3.8, 4) is 23.7 Å². The van der Waals surface area contributed by atoms with Gasteiger partial charge in [-0.2, -0.15) is 0 Å². The lowest BCUT2D eigenvalue weighted by Gasteiger charge is -2.00. The van der Waals surface area contributed by atoms with E-state index >= 15 is 0 Å². The Kier molecular flexibility index (Phi) is 7.33. The maximum absolute atomic E-state index is 3.30. The van der Waals surface area contributed by atoms with Crippen LogP contribution in [0.5, 0.6) is 0 Å². The lowest BCUT2D eigenvalue weighted by Crippen LogP contribution is -1.86. The van der Waals surface area contributed by atoms with Gasteiger partial charge in [0.25, 0.3) is 0 Å². The zero-order chi connectivity index (χ0) is 20.5. The van der Waals surface area contributed by atoms with Crippen LogP contribution in [0.25, 0.3) is 0 Å². The zero-order valence-corrected chi connectivity index (χ0v) is 17.7. The van der Waals surface area contributed by atoms with Crippen LogP contribution in [0.2, 0.25) is 0 Å². The van der Waals surface area contributed by atoms with Gasteiger partial charge in [0.1, 0.15) is 0 Å². The standard InChI is InChI=1S/C29H28/c1-4-6-24-8-12-26(13-9-24)16-17-28-19-21-29(23(3)22-28)20-18-27-14-10-25(7-5-2)11-15-27/h8-15,19,21-22H,4-7H2,1-3H3. The first-order chi connectivity index (χ1) is 14.2. The van der Waals surface area contributed by atoms with E-state index in [0.717, 1.165) is 40.7 Å². The van der Waals surface area contributed by atoms with Crippen molar-refractivity contribution in [2.75, 3.05) is 0 Å². The van der Waals surface area contributed by atoms with E-state index in [4.69, 9.17) is 0 Å². The molecule has 3 rings (SSSR count). The van der Waals surface area contributed by atoms with E-state index in [1.807, 2.05) is 0 Å². The highest BCUT2D eigenvalue weighted by Crippen LogP contribution is 2.11. The fourth-order valence-corrected chi connectivity index (χ4v) is 3.25. The molecule has 144 valence electrons. The van der Waals surface area contributed by atoms with Crippen molar-refractivity contribution in [3.63, 3.8) is 0 Å². The van der Waals surface area contributed by atoms with Gasteiger partial charge in [0, 0.05) is 22.3 Å². The normalized spacial score (nSPS) is 9.90. The van der Waals surface area contributed by atoms with E-state index in [1.54, 1.807) is 0 Å². The molecule has 0 bridgehead atoms. The molecule has 0 amide bonds. The molecule has 29 heavy (non-hydrogen) atoms. The number of hydrogen-bond acceptors (Lipinski definition) is 0.